The summed E-state index contributed by atoms with van der Waals surface area (Å²) in [6, 6.07) is 4.12. The van der Waals surface area contributed by atoms with E-state index in [0.29, 0.717) is 0 Å². The Labute approximate surface area is 102 Å². The third-order valence-electron chi connectivity index (χ3n) is 2.12. The highest BCUT2D eigenvalue weighted by Crippen LogP contribution is 2.19. The van der Waals surface area contributed by atoms with Crippen molar-refractivity contribution in [2.75, 3.05) is 26.0 Å². The number of methoxy groups -OCH3 is 1. The van der Waals surface area contributed by atoms with Crippen molar-refractivity contribution in [3.05, 3.63) is 23.9 Å². The van der Waals surface area contributed by atoms with Crippen molar-refractivity contribution < 1.29 is 4.74 Å². The molecule has 1 aromatic heterocycles. The van der Waals surface area contributed by atoms with Crippen LogP contribution in [-0.4, -0.2) is 31.0 Å². The summed E-state index contributed by atoms with van der Waals surface area (Å²) in [5.74, 6) is 0.953. The number of thioether (sulfide) groups is 1. The van der Waals surface area contributed by atoms with E-state index in [0.717, 1.165) is 36.9 Å². The Morgan fingerprint density at radius 1 is 1.50 bits per heavy atom. The molecule has 0 saturated carbocycles. The number of nitrogens with one attached hydrogen (secondary N) is 1. The van der Waals surface area contributed by atoms with E-state index in [9.17, 15) is 0 Å². The first-order valence-corrected chi connectivity index (χ1v) is 6.63. The number of aromatic nitrogens is 1. The van der Waals surface area contributed by atoms with Crippen molar-refractivity contribution in [1.29, 1.82) is 0 Å². The second kappa shape index (κ2) is 8.56. The van der Waals surface area contributed by atoms with Crippen LogP contribution in [0.2, 0.25) is 0 Å². The first-order chi connectivity index (χ1) is 7.88. The zero-order chi connectivity index (χ0) is 11.6. The van der Waals surface area contributed by atoms with Gasteiger partial charge in [-0.3, -0.25) is 0 Å². The molecular weight excluding hydrogens is 220 g/mol. The average Bonchev–Trinajstić information content (AvgIpc) is 2.32. The fourth-order valence-corrected chi connectivity index (χ4v) is 2.21. The van der Waals surface area contributed by atoms with E-state index < -0.39 is 0 Å². The zero-order valence-corrected chi connectivity index (χ0v) is 10.8. The van der Waals surface area contributed by atoms with Gasteiger partial charge in [0.2, 0.25) is 0 Å². The second-order valence-electron chi connectivity index (χ2n) is 3.49. The van der Waals surface area contributed by atoms with Gasteiger partial charge in [0.25, 0.3) is 0 Å². The topological polar surface area (TPSA) is 34.2 Å². The van der Waals surface area contributed by atoms with Crippen LogP contribution in [-0.2, 0) is 11.3 Å². The van der Waals surface area contributed by atoms with Crippen molar-refractivity contribution in [2.24, 2.45) is 0 Å². The molecule has 0 atom stereocenters. The molecule has 0 aliphatic heterocycles. The normalized spacial score (nSPS) is 10.6. The molecule has 1 rings (SSSR count). The maximum absolute atomic E-state index is 5.04. The van der Waals surface area contributed by atoms with Crippen molar-refractivity contribution in [1.82, 2.24) is 10.3 Å². The summed E-state index contributed by atoms with van der Waals surface area (Å²) in [4.78, 5) is 4.40. The minimum atomic E-state index is 0.767. The molecule has 0 saturated heterocycles. The lowest BCUT2D eigenvalue weighted by Crippen LogP contribution is -2.14. The number of pyridine rings is 1. The largest absolute Gasteiger partial charge is 0.384 e. The van der Waals surface area contributed by atoms with Crippen molar-refractivity contribution >= 4 is 11.8 Å². The molecule has 1 N–H and O–H groups in total. The summed E-state index contributed by atoms with van der Waals surface area (Å²) < 4.78 is 5.04. The first kappa shape index (κ1) is 13.5. The third kappa shape index (κ3) is 4.96. The number of hydrogen-bond acceptors (Lipinski definition) is 4. The molecule has 1 aromatic rings. The van der Waals surface area contributed by atoms with E-state index in [4.69, 9.17) is 4.74 Å². The van der Waals surface area contributed by atoms with Crippen LogP contribution in [0.3, 0.4) is 0 Å². The molecule has 0 unspecified atom stereocenters. The highest BCUT2D eigenvalue weighted by molar-refractivity contribution is 7.99. The Morgan fingerprint density at radius 3 is 3.12 bits per heavy atom. The number of nitrogens with zero attached hydrogens (tertiary/aromatic N) is 1. The van der Waals surface area contributed by atoms with E-state index in [2.05, 4.69) is 23.3 Å². The lowest BCUT2D eigenvalue weighted by Gasteiger charge is -2.08. The Hall–Kier alpha value is -0.580. The van der Waals surface area contributed by atoms with Gasteiger partial charge < -0.3 is 10.1 Å². The van der Waals surface area contributed by atoms with Crippen LogP contribution in [0, 0.1) is 0 Å². The van der Waals surface area contributed by atoms with Gasteiger partial charge in [-0.2, -0.15) is 0 Å². The van der Waals surface area contributed by atoms with Crippen LogP contribution >= 0.6 is 11.8 Å². The van der Waals surface area contributed by atoms with Gasteiger partial charge in [-0.15, -0.1) is 11.8 Å². The van der Waals surface area contributed by atoms with Crippen molar-refractivity contribution in [3.63, 3.8) is 0 Å². The molecule has 16 heavy (non-hydrogen) atoms. The Balaban J connectivity index is 2.46. The molecule has 0 aliphatic carbocycles. The predicted molar refractivity (Wildman–Crippen MR) is 68.8 cm³/mol. The van der Waals surface area contributed by atoms with E-state index >= 15 is 0 Å². The fourth-order valence-electron chi connectivity index (χ4n) is 1.31. The van der Waals surface area contributed by atoms with Crippen LogP contribution in [0.25, 0.3) is 0 Å². The number of hydrogen-bond donors (Lipinski definition) is 1. The minimum Gasteiger partial charge on any atom is -0.384 e. The maximum atomic E-state index is 5.04. The number of ether oxygens (including phenoxy) is 1. The summed E-state index contributed by atoms with van der Waals surface area (Å²) in [6.07, 6.45) is 3.00. The van der Waals surface area contributed by atoms with Crippen LogP contribution < -0.4 is 5.32 Å². The highest BCUT2D eigenvalue weighted by Gasteiger charge is 2.02. The molecule has 1 heterocycles. The molecule has 4 heteroatoms. The average molecular weight is 240 g/mol. The second-order valence-corrected chi connectivity index (χ2v) is 4.57. The van der Waals surface area contributed by atoms with Gasteiger partial charge in [-0.1, -0.05) is 13.0 Å². The first-order valence-electron chi connectivity index (χ1n) is 5.64. The van der Waals surface area contributed by atoms with Crippen LogP contribution in [0.15, 0.2) is 23.4 Å². The molecule has 0 aliphatic rings. The van der Waals surface area contributed by atoms with Gasteiger partial charge in [0.05, 0.1) is 6.61 Å². The Kier molecular flexibility index (Phi) is 7.21. The molecule has 0 bridgehead atoms. The molecular formula is C12H20N2OS. The van der Waals surface area contributed by atoms with E-state index in [1.807, 2.05) is 12.3 Å². The highest BCUT2D eigenvalue weighted by atomic mass is 32.2. The van der Waals surface area contributed by atoms with Crippen molar-refractivity contribution in [2.45, 2.75) is 24.9 Å². The van der Waals surface area contributed by atoms with Gasteiger partial charge in [-0.25, -0.2) is 4.98 Å². The summed E-state index contributed by atoms with van der Waals surface area (Å²) in [7, 11) is 1.72. The minimum absolute atomic E-state index is 0.767. The SMILES string of the molecule is CCCNCc1cccnc1SCCOC. The molecule has 0 spiro atoms. The number of rotatable bonds is 8. The fraction of sp³-hybridized carbons (Fsp3) is 0.583. The van der Waals surface area contributed by atoms with Gasteiger partial charge in [0, 0.05) is 25.6 Å². The van der Waals surface area contributed by atoms with E-state index in [-0.39, 0.29) is 0 Å². The molecule has 0 fully saturated rings. The predicted octanol–water partition coefficient (Wildman–Crippen LogP) is 2.32. The maximum Gasteiger partial charge on any atom is 0.101 e. The summed E-state index contributed by atoms with van der Waals surface area (Å²) in [5.41, 5.74) is 1.28. The molecule has 0 aromatic carbocycles. The quantitative estimate of drug-likeness (QED) is 0.558. The lowest BCUT2D eigenvalue weighted by atomic mass is 10.3. The van der Waals surface area contributed by atoms with Gasteiger partial charge in [-0.05, 0) is 24.6 Å². The van der Waals surface area contributed by atoms with E-state index in [1.54, 1.807) is 18.9 Å². The van der Waals surface area contributed by atoms with Gasteiger partial charge in [0.1, 0.15) is 5.03 Å². The molecule has 3 nitrogen and oxygen atoms in total. The van der Waals surface area contributed by atoms with Crippen molar-refractivity contribution in [3.8, 4) is 0 Å². The summed E-state index contributed by atoms with van der Waals surface area (Å²) >= 11 is 1.75. The van der Waals surface area contributed by atoms with Gasteiger partial charge >= 0.3 is 0 Å². The standard InChI is InChI=1S/C12H20N2OS/c1-3-6-13-10-11-5-4-7-14-12(11)16-9-8-15-2/h4-5,7,13H,3,6,8-10H2,1-2H3. The molecule has 90 valence electrons. The monoisotopic (exact) mass is 240 g/mol. The third-order valence-corrected chi connectivity index (χ3v) is 3.13. The van der Waals surface area contributed by atoms with Gasteiger partial charge in [0.15, 0.2) is 0 Å². The van der Waals surface area contributed by atoms with Crippen LogP contribution in [0.1, 0.15) is 18.9 Å². The summed E-state index contributed by atoms with van der Waals surface area (Å²) in [5, 5.41) is 4.51. The van der Waals surface area contributed by atoms with Crippen LogP contribution in [0.4, 0.5) is 0 Å². The smallest absolute Gasteiger partial charge is 0.101 e. The Morgan fingerprint density at radius 2 is 2.38 bits per heavy atom. The molecule has 0 radical (unpaired) electrons. The Bertz CT molecular complexity index is 265. The zero-order valence-electron chi connectivity index (χ0n) is 10.0. The summed E-state index contributed by atoms with van der Waals surface area (Å²) in [6.45, 7) is 4.89. The van der Waals surface area contributed by atoms with Crippen LogP contribution in [0.5, 0.6) is 0 Å². The molecule has 0 amide bonds. The van der Waals surface area contributed by atoms with E-state index in [1.165, 1.54) is 5.56 Å². The lowest BCUT2D eigenvalue weighted by molar-refractivity contribution is 0.218.